The van der Waals surface area contributed by atoms with E-state index in [1.54, 1.807) is 6.08 Å². The normalized spacial score (nSPS) is 22.4. The van der Waals surface area contributed by atoms with Crippen LogP contribution in [-0.2, 0) is 6.42 Å². The van der Waals surface area contributed by atoms with Crippen molar-refractivity contribution in [2.75, 3.05) is 26.2 Å². The van der Waals surface area contributed by atoms with Crippen molar-refractivity contribution in [2.45, 2.75) is 31.3 Å². The van der Waals surface area contributed by atoms with Crippen LogP contribution in [0.5, 0.6) is 0 Å². The lowest BCUT2D eigenvalue weighted by molar-refractivity contribution is 0.0897. The van der Waals surface area contributed by atoms with Gasteiger partial charge < -0.3 is 10.2 Å². The first-order valence-corrected chi connectivity index (χ1v) is 8.21. The van der Waals surface area contributed by atoms with Crippen molar-refractivity contribution >= 4 is 6.03 Å². The fourth-order valence-corrected chi connectivity index (χ4v) is 3.24. The molecule has 4 heteroatoms. The monoisotopic (exact) mass is 299 g/mol. The maximum atomic E-state index is 12.4. The van der Waals surface area contributed by atoms with Gasteiger partial charge in [-0.3, -0.25) is 4.90 Å². The topological polar surface area (TPSA) is 35.6 Å². The second-order valence-corrected chi connectivity index (χ2v) is 6.24. The summed E-state index contributed by atoms with van der Waals surface area (Å²) in [4.78, 5) is 17.0. The fraction of sp³-hybridized carbons (Fsp3) is 0.500. The highest BCUT2D eigenvalue weighted by Crippen LogP contribution is 2.29. The van der Waals surface area contributed by atoms with Crippen LogP contribution in [0.15, 0.2) is 43.0 Å². The van der Waals surface area contributed by atoms with Crippen molar-refractivity contribution in [3.8, 4) is 0 Å². The molecule has 2 aliphatic rings. The standard InChI is InChI=1S/C18H25N3O/c1-2-10-19-18(22)21-12-11-20(16-8-9-16)14-17(21)13-15-6-4-3-5-7-15/h2-7,16-17H,1,8-14H2,(H,19,22). The summed E-state index contributed by atoms with van der Waals surface area (Å²) in [5.74, 6) is 0. The second-order valence-electron chi connectivity index (χ2n) is 6.24. The zero-order valence-electron chi connectivity index (χ0n) is 13.1. The van der Waals surface area contributed by atoms with Gasteiger partial charge in [0.05, 0.1) is 6.04 Å². The number of piperazine rings is 1. The van der Waals surface area contributed by atoms with Crippen molar-refractivity contribution in [2.24, 2.45) is 0 Å². The molecule has 0 spiro atoms. The van der Waals surface area contributed by atoms with E-state index in [-0.39, 0.29) is 12.1 Å². The number of benzene rings is 1. The molecule has 1 atom stereocenters. The number of nitrogens with one attached hydrogen (secondary N) is 1. The molecular formula is C18H25N3O. The molecule has 2 amide bonds. The number of hydrogen-bond donors (Lipinski definition) is 1. The minimum absolute atomic E-state index is 0.0382. The summed E-state index contributed by atoms with van der Waals surface area (Å²) in [5, 5.41) is 2.93. The van der Waals surface area contributed by atoms with Gasteiger partial charge in [-0.15, -0.1) is 6.58 Å². The highest BCUT2D eigenvalue weighted by molar-refractivity contribution is 5.75. The third kappa shape index (κ3) is 3.69. The molecule has 1 aliphatic heterocycles. The van der Waals surface area contributed by atoms with Crippen LogP contribution in [0.25, 0.3) is 0 Å². The summed E-state index contributed by atoms with van der Waals surface area (Å²) in [5.41, 5.74) is 1.30. The van der Waals surface area contributed by atoms with Crippen molar-refractivity contribution in [1.82, 2.24) is 15.1 Å². The van der Waals surface area contributed by atoms with Gasteiger partial charge in [-0.2, -0.15) is 0 Å². The number of carbonyl (C=O) groups is 1. The first-order chi connectivity index (χ1) is 10.8. The van der Waals surface area contributed by atoms with Gasteiger partial charge in [0.15, 0.2) is 0 Å². The Bertz CT molecular complexity index is 512. The molecule has 118 valence electrons. The number of urea groups is 1. The Labute approximate surface area is 132 Å². The molecule has 0 aromatic heterocycles. The highest BCUT2D eigenvalue weighted by atomic mass is 16.2. The minimum Gasteiger partial charge on any atom is -0.335 e. The molecule has 1 saturated carbocycles. The van der Waals surface area contributed by atoms with Crippen molar-refractivity contribution < 1.29 is 4.79 Å². The van der Waals surface area contributed by atoms with Gasteiger partial charge in [-0.05, 0) is 24.8 Å². The van der Waals surface area contributed by atoms with Crippen molar-refractivity contribution in [3.63, 3.8) is 0 Å². The molecule has 1 N–H and O–H groups in total. The van der Waals surface area contributed by atoms with E-state index in [1.165, 1.54) is 18.4 Å². The lowest BCUT2D eigenvalue weighted by Crippen LogP contribution is -2.58. The number of carbonyl (C=O) groups excluding carboxylic acids is 1. The lowest BCUT2D eigenvalue weighted by Gasteiger charge is -2.41. The number of amides is 2. The smallest absolute Gasteiger partial charge is 0.317 e. The number of nitrogens with zero attached hydrogens (tertiary/aromatic N) is 2. The van der Waals surface area contributed by atoms with E-state index in [0.717, 1.165) is 32.1 Å². The molecule has 3 rings (SSSR count). The van der Waals surface area contributed by atoms with Crippen LogP contribution in [0.2, 0.25) is 0 Å². The highest BCUT2D eigenvalue weighted by Gasteiger charge is 2.37. The molecule has 1 heterocycles. The molecule has 1 unspecified atom stereocenters. The average Bonchev–Trinajstić information content (AvgIpc) is 3.38. The Morgan fingerprint density at radius 3 is 2.73 bits per heavy atom. The molecule has 0 bridgehead atoms. The Hall–Kier alpha value is -1.81. The van der Waals surface area contributed by atoms with Gasteiger partial charge in [-0.25, -0.2) is 4.79 Å². The molecule has 0 radical (unpaired) electrons. The molecule has 1 saturated heterocycles. The summed E-state index contributed by atoms with van der Waals surface area (Å²) >= 11 is 0. The van der Waals surface area contributed by atoms with Crippen LogP contribution in [0.3, 0.4) is 0 Å². The van der Waals surface area contributed by atoms with E-state index in [4.69, 9.17) is 0 Å². The van der Waals surface area contributed by atoms with Crippen LogP contribution < -0.4 is 5.32 Å². The Kier molecular flexibility index (Phi) is 4.78. The number of rotatable bonds is 5. The first kappa shape index (κ1) is 15.1. The molecule has 1 aliphatic carbocycles. The third-order valence-corrected chi connectivity index (χ3v) is 4.55. The second kappa shape index (κ2) is 6.97. The van der Waals surface area contributed by atoms with Gasteiger partial charge in [0.1, 0.15) is 0 Å². The third-order valence-electron chi connectivity index (χ3n) is 4.55. The Morgan fingerprint density at radius 2 is 2.05 bits per heavy atom. The van der Waals surface area contributed by atoms with E-state index < -0.39 is 0 Å². The van der Waals surface area contributed by atoms with Crippen LogP contribution in [0.1, 0.15) is 18.4 Å². The molecule has 22 heavy (non-hydrogen) atoms. The molecule has 4 nitrogen and oxygen atoms in total. The zero-order chi connectivity index (χ0) is 15.4. The van der Waals surface area contributed by atoms with Gasteiger partial charge in [-0.1, -0.05) is 36.4 Å². The Balaban J connectivity index is 1.68. The van der Waals surface area contributed by atoms with E-state index in [1.807, 2.05) is 11.0 Å². The molecular weight excluding hydrogens is 274 g/mol. The van der Waals surface area contributed by atoms with Crippen LogP contribution in [-0.4, -0.2) is 54.1 Å². The van der Waals surface area contributed by atoms with Crippen molar-refractivity contribution in [1.29, 1.82) is 0 Å². The average molecular weight is 299 g/mol. The largest absolute Gasteiger partial charge is 0.335 e. The summed E-state index contributed by atoms with van der Waals surface area (Å²) in [7, 11) is 0. The van der Waals surface area contributed by atoms with Gasteiger partial charge in [0, 0.05) is 32.2 Å². The molecule has 1 aromatic rings. The van der Waals surface area contributed by atoms with Gasteiger partial charge >= 0.3 is 6.03 Å². The Morgan fingerprint density at radius 1 is 1.27 bits per heavy atom. The van der Waals surface area contributed by atoms with Crippen LogP contribution in [0.4, 0.5) is 4.79 Å². The van der Waals surface area contributed by atoms with E-state index in [0.29, 0.717) is 6.54 Å². The number of hydrogen-bond acceptors (Lipinski definition) is 2. The summed E-state index contributed by atoms with van der Waals surface area (Å²) in [6, 6.07) is 11.5. The predicted molar refractivity (Wildman–Crippen MR) is 88.8 cm³/mol. The van der Waals surface area contributed by atoms with E-state index >= 15 is 0 Å². The lowest BCUT2D eigenvalue weighted by atomic mass is 10.0. The van der Waals surface area contributed by atoms with Crippen LogP contribution in [0, 0.1) is 0 Å². The summed E-state index contributed by atoms with van der Waals surface area (Å²) < 4.78 is 0. The van der Waals surface area contributed by atoms with Crippen LogP contribution >= 0.6 is 0 Å². The maximum Gasteiger partial charge on any atom is 0.317 e. The van der Waals surface area contributed by atoms with E-state index in [9.17, 15) is 4.79 Å². The molecule has 2 fully saturated rings. The summed E-state index contributed by atoms with van der Waals surface area (Å²) in [6.07, 6.45) is 5.29. The SMILES string of the molecule is C=CCNC(=O)N1CCN(C2CC2)CC1Cc1ccccc1. The van der Waals surface area contributed by atoms with Gasteiger partial charge in [0.25, 0.3) is 0 Å². The quantitative estimate of drug-likeness (QED) is 0.847. The molecule has 1 aromatic carbocycles. The predicted octanol–water partition coefficient (Wildman–Crippen LogP) is 2.27. The van der Waals surface area contributed by atoms with Gasteiger partial charge in [0.2, 0.25) is 0 Å². The zero-order valence-corrected chi connectivity index (χ0v) is 13.1. The summed E-state index contributed by atoms with van der Waals surface area (Å²) in [6.45, 7) is 7.00. The van der Waals surface area contributed by atoms with E-state index in [2.05, 4.69) is 41.1 Å². The van der Waals surface area contributed by atoms with Crippen molar-refractivity contribution in [3.05, 3.63) is 48.6 Å². The first-order valence-electron chi connectivity index (χ1n) is 8.21. The fourth-order valence-electron chi connectivity index (χ4n) is 3.24. The maximum absolute atomic E-state index is 12.4. The minimum atomic E-state index is 0.0382.